The lowest BCUT2D eigenvalue weighted by Crippen LogP contribution is -2.25. The van der Waals surface area contributed by atoms with Gasteiger partial charge >= 0.3 is 0 Å². The maximum absolute atomic E-state index is 8.44. The molecule has 4 heteroatoms. The topological polar surface area (TPSA) is 80.9 Å². The van der Waals surface area contributed by atoms with Gasteiger partial charge in [0, 0.05) is 6.61 Å². The van der Waals surface area contributed by atoms with Gasteiger partial charge in [-0.2, -0.15) is 0 Å². The van der Waals surface area contributed by atoms with Crippen molar-refractivity contribution in [3.63, 3.8) is 0 Å². The first-order chi connectivity index (χ1) is 4.59. The Balaban J connectivity index is -0.0000000569. The van der Waals surface area contributed by atoms with Gasteiger partial charge in [0.25, 0.3) is 0 Å². The average molecular weight is 184 g/mol. The molecule has 0 aromatic rings. The third-order valence-corrected chi connectivity index (χ3v) is 0.744. The number of aliphatic hydroxyl groups excluding tert-OH is 4. The van der Waals surface area contributed by atoms with E-state index in [1.54, 1.807) is 6.92 Å². The van der Waals surface area contributed by atoms with E-state index in [-0.39, 0.29) is 28.1 Å². The molecular weight excluding hydrogens is 160 g/mol. The van der Waals surface area contributed by atoms with Crippen LogP contribution in [0, 0.1) is 0 Å². The smallest absolute Gasteiger partial charge is 0.103 e. The van der Waals surface area contributed by atoms with Crippen molar-refractivity contribution in [1.82, 2.24) is 0 Å². The molecule has 0 fully saturated rings. The predicted octanol–water partition coefficient (Wildman–Crippen LogP) is -0.00880. The molecule has 12 heavy (non-hydrogen) atoms. The van der Waals surface area contributed by atoms with Gasteiger partial charge in [0.15, 0.2) is 0 Å². The molecule has 0 aliphatic rings. The molecule has 0 heterocycles. The molecule has 0 bridgehead atoms. The summed E-state index contributed by atoms with van der Waals surface area (Å²) in [5.74, 6) is 0. The molecule has 80 valence electrons. The summed E-state index contributed by atoms with van der Waals surface area (Å²) in [5, 5.41) is 32.5. The van der Waals surface area contributed by atoms with Crippen LogP contribution in [0.1, 0.15) is 28.7 Å². The van der Waals surface area contributed by atoms with E-state index in [0.29, 0.717) is 0 Å². The lowest BCUT2D eigenvalue weighted by Gasteiger charge is -2.07. The molecule has 0 amide bonds. The van der Waals surface area contributed by atoms with Crippen molar-refractivity contribution < 1.29 is 20.4 Å². The second-order valence-electron chi connectivity index (χ2n) is 1.81. The lowest BCUT2D eigenvalue weighted by atomic mass is 10.2. The molecule has 0 radical (unpaired) electrons. The normalized spacial score (nSPS) is 12.5. The highest BCUT2D eigenvalue weighted by atomic mass is 16.4. The summed E-state index contributed by atoms with van der Waals surface area (Å²) in [5.41, 5.74) is 0. The second kappa shape index (κ2) is 17.1. The largest absolute Gasteiger partial charge is 0.397 e. The number of hydrogen-bond donors (Lipinski definition) is 4. The van der Waals surface area contributed by atoms with Crippen molar-refractivity contribution in [2.24, 2.45) is 0 Å². The lowest BCUT2D eigenvalue weighted by molar-refractivity contribution is -0.00425. The standard InChI is InChI=1S/C4H10O3.C2H6O.2CH4/c1-3(6)4(7)2-5;1-2-3;;/h3-7H,2H2,1H3;3H,2H2,1H3;2*1H4/t3-,4+;;;/m0.../s1. The zero-order valence-electron chi connectivity index (χ0n) is 6.36. The molecule has 0 aliphatic carbocycles. The Hall–Kier alpha value is -0.160. The van der Waals surface area contributed by atoms with Gasteiger partial charge in [-0.3, -0.25) is 0 Å². The summed E-state index contributed by atoms with van der Waals surface area (Å²) in [6.07, 6.45) is -1.81. The molecular formula is C8H24O4. The zero-order chi connectivity index (χ0) is 8.57. The van der Waals surface area contributed by atoms with E-state index < -0.39 is 12.2 Å². The summed E-state index contributed by atoms with van der Waals surface area (Å²) in [6, 6.07) is 0. The molecule has 0 spiro atoms. The summed E-state index contributed by atoms with van der Waals surface area (Å²) >= 11 is 0. The molecule has 4 N–H and O–H groups in total. The van der Waals surface area contributed by atoms with Crippen LogP contribution in [0.4, 0.5) is 0 Å². The van der Waals surface area contributed by atoms with Crippen LogP contribution in [-0.4, -0.2) is 45.8 Å². The number of hydrogen-bond acceptors (Lipinski definition) is 4. The van der Waals surface area contributed by atoms with Crippen molar-refractivity contribution >= 4 is 0 Å². The van der Waals surface area contributed by atoms with Crippen LogP contribution >= 0.6 is 0 Å². The molecule has 0 saturated carbocycles. The zero-order valence-corrected chi connectivity index (χ0v) is 6.36. The van der Waals surface area contributed by atoms with Gasteiger partial charge in [-0.25, -0.2) is 0 Å². The van der Waals surface area contributed by atoms with Gasteiger partial charge < -0.3 is 20.4 Å². The van der Waals surface area contributed by atoms with Crippen LogP contribution in [0.2, 0.25) is 0 Å². The highest BCUT2D eigenvalue weighted by Crippen LogP contribution is 1.87. The fraction of sp³-hybridized carbons (Fsp3) is 1.00. The summed E-state index contributed by atoms with van der Waals surface area (Å²) in [7, 11) is 0. The first kappa shape index (κ1) is 22.6. The Labute approximate surface area is 75.5 Å². The molecule has 2 atom stereocenters. The fourth-order valence-corrected chi connectivity index (χ4v) is 0.153. The minimum absolute atomic E-state index is 0. The van der Waals surface area contributed by atoms with E-state index in [0.717, 1.165) is 0 Å². The van der Waals surface area contributed by atoms with Crippen molar-refractivity contribution in [2.45, 2.75) is 40.9 Å². The van der Waals surface area contributed by atoms with Crippen LogP contribution < -0.4 is 0 Å². The van der Waals surface area contributed by atoms with Crippen LogP contribution in [0.15, 0.2) is 0 Å². The van der Waals surface area contributed by atoms with Crippen molar-refractivity contribution in [2.75, 3.05) is 13.2 Å². The van der Waals surface area contributed by atoms with Crippen molar-refractivity contribution in [3.8, 4) is 0 Å². The minimum atomic E-state index is -0.986. The van der Waals surface area contributed by atoms with E-state index in [2.05, 4.69) is 0 Å². The number of aliphatic hydroxyl groups is 4. The Kier molecular flexibility index (Phi) is 32.2. The Morgan fingerprint density at radius 2 is 1.33 bits per heavy atom. The molecule has 0 rings (SSSR count). The van der Waals surface area contributed by atoms with E-state index in [4.69, 9.17) is 20.4 Å². The first-order valence-corrected chi connectivity index (χ1v) is 3.17. The third-order valence-electron chi connectivity index (χ3n) is 0.744. The maximum Gasteiger partial charge on any atom is 0.103 e. The van der Waals surface area contributed by atoms with Gasteiger partial charge in [-0.05, 0) is 13.8 Å². The van der Waals surface area contributed by atoms with Crippen LogP contribution in [0.3, 0.4) is 0 Å². The molecule has 0 aliphatic heterocycles. The van der Waals surface area contributed by atoms with E-state index >= 15 is 0 Å². The van der Waals surface area contributed by atoms with E-state index in [1.807, 2.05) is 0 Å². The monoisotopic (exact) mass is 184 g/mol. The quantitative estimate of drug-likeness (QED) is 0.486. The Bertz CT molecular complexity index is 57.0. The van der Waals surface area contributed by atoms with Crippen LogP contribution in [-0.2, 0) is 0 Å². The maximum atomic E-state index is 8.44. The van der Waals surface area contributed by atoms with Gasteiger partial charge in [0.1, 0.15) is 6.10 Å². The Morgan fingerprint density at radius 1 is 1.08 bits per heavy atom. The molecule has 0 aromatic carbocycles. The van der Waals surface area contributed by atoms with Crippen LogP contribution in [0.25, 0.3) is 0 Å². The summed E-state index contributed by atoms with van der Waals surface area (Å²) in [6.45, 7) is 2.97. The average Bonchev–Trinajstić information content (AvgIpc) is 1.88. The Morgan fingerprint density at radius 3 is 1.33 bits per heavy atom. The predicted molar refractivity (Wildman–Crippen MR) is 51.0 cm³/mol. The second-order valence-corrected chi connectivity index (χ2v) is 1.81. The minimum Gasteiger partial charge on any atom is -0.397 e. The fourth-order valence-electron chi connectivity index (χ4n) is 0.153. The van der Waals surface area contributed by atoms with E-state index in [1.165, 1.54) is 6.92 Å². The summed E-state index contributed by atoms with van der Waals surface area (Å²) in [4.78, 5) is 0. The van der Waals surface area contributed by atoms with Gasteiger partial charge in [-0.1, -0.05) is 14.9 Å². The van der Waals surface area contributed by atoms with Crippen molar-refractivity contribution in [1.29, 1.82) is 0 Å². The molecule has 0 saturated heterocycles. The third kappa shape index (κ3) is 22.5. The molecule has 0 aromatic heterocycles. The van der Waals surface area contributed by atoms with E-state index in [9.17, 15) is 0 Å². The van der Waals surface area contributed by atoms with Gasteiger partial charge in [-0.15, -0.1) is 0 Å². The highest BCUT2D eigenvalue weighted by Gasteiger charge is 2.06. The first-order valence-electron chi connectivity index (χ1n) is 3.17. The molecule has 0 unspecified atom stereocenters. The molecule has 4 nitrogen and oxygen atoms in total. The summed E-state index contributed by atoms with van der Waals surface area (Å²) < 4.78 is 0. The SMILES string of the molecule is C.C.CCO.C[C@H](O)[C@H](O)CO. The highest BCUT2D eigenvalue weighted by molar-refractivity contribution is 4.57. The van der Waals surface area contributed by atoms with Crippen molar-refractivity contribution in [3.05, 3.63) is 0 Å². The van der Waals surface area contributed by atoms with Gasteiger partial charge in [0.2, 0.25) is 0 Å². The van der Waals surface area contributed by atoms with Gasteiger partial charge in [0.05, 0.1) is 12.7 Å². The van der Waals surface area contributed by atoms with Crippen LogP contribution in [0.5, 0.6) is 0 Å². The number of rotatable bonds is 2.